The molecule has 1 aromatic rings. The van der Waals surface area contributed by atoms with E-state index in [4.69, 9.17) is 18.9 Å². The first-order chi connectivity index (χ1) is 12.2. The summed E-state index contributed by atoms with van der Waals surface area (Å²) < 4.78 is 21.6. The summed E-state index contributed by atoms with van der Waals surface area (Å²) in [5.41, 5.74) is 0.716. The summed E-state index contributed by atoms with van der Waals surface area (Å²) in [6.07, 6.45) is 0.667. The molecule has 0 N–H and O–H groups in total. The van der Waals surface area contributed by atoms with Crippen molar-refractivity contribution in [2.45, 2.75) is 24.9 Å². The molecule has 3 atom stereocenters. The Bertz CT molecular complexity index is 563. The van der Waals surface area contributed by atoms with Gasteiger partial charge in [-0.1, -0.05) is 42.5 Å². The minimum Gasteiger partial charge on any atom is -0.463 e. The van der Waals surface area contributed by atoms with Crippen LogP contribution >= 0.6 is 0 Å². The fraction of sp³-hybridized carbons (Fsp3) is 0.368. The number of ether oxygens (including phenoxy) is 4. The number of rotatable bonds is 10. The molecule has 1 aliphatic rings. The first kappa shape index (κ1) is 19.1. The number of carbonyl (C=O) groups excluding carboxylic acids is 2. The Morgan fingerprint density at radius 2 is 1.80 bits per heavy atom. The van der Waals surface area contributed by atoms with Crippen molar-refractivity contribution >= 4 is 11.8 Å². The van der Waals surface area contributed by atoms with Crippen molar-refractivity contribution in [1.29, 1.82) is 0 Å². The van der Waals surface area contributed by atoms with Crippen molar-refractivity contribution in [2.24, 2.45) is 0 Å². The molecule has 0 amide bonds. The number of Topliss-reactive ketones (excluding diaryl/α,β-unsaturated/α-hetero) is 1. The second-order valence-electron chi connectivity index (χ2n) is 5.37. The summed E-state index contributed by atoms with van der Waals surface area (Å²) in [5.74, 6) is -1.02. The van der Waals surface area contributed by atoms with Crippen LogP contribution in [0.1, 0.15) is 18.3 Å². The van der Waals surface area contributed by atoms with Gasteiger partial charge < -0.3 is 18.9 Å². The molecular formula is C19H22O6. The number of esters is 1. The summed E-state index contributed by atoms with van der Waals surface area (Å²) >= 11 is 0. The summed E-state index contributed by atoms with van der Waals surface area (Å²) in [5, 5.41) is 0. The second kappa shape index (κ2) is 9.88. The third kappa shape index (κ3) is 5.35. The van der Waals surface area contributed by atoms with Crippen LogP contribution in [0.15, 0.2) is 55.6 Å². The highest BCUT2D eigenvalue weighted by Gasteiger charge is 2.46. The average molecular weight is 346 g/mol. The van der Waals surface area contributed by atoms with Gasteiger partial charge in [0.2, 0.25) is 0 Å². The Hall–Kier alpha value is -2.28. The number of carbonyl (C=O) groups is 2. The largest absolute Gasteiger partial charge is 0.463 e. The van der Waals surface area contributed by atoms with E-state index in [0.29, 0.717) is 12.0 Å². The zero-order valence-corrected chi connectivity index (χ0v) is 14.0. The van der Waals surface area contributed by atoms with E-state index in [2.05, 4.69) is 13.2 Å². The van der Waals surface area contributed by atoms with Crippen LogP contribution in [-0.4, -0.2) is 43.8 Å². The zero-order chi connectivity index (χ0) is 18.1. The molecule has 0 aromatic heterocycles. The van der Waals surface area contributed by atoms with Gasteiger partial charge in [0, 0.05) is 5.56 Å². The van der Waals surface area contributed by atoms with E-state index in [9.17, 15) is 9.59 Å². The van der Waals surface area contributed by atoms with E-state index in [1.807, 2.05) is 18.2 Å². The highest BCUT2D eigenvalue weighted by atomic mass is 16.7. The van der Waals surface area contributed by atoms with Crippen LogP contribution in [0.4, 0.5) is 0 Å². The number of benzene rings is 1. The van der Waals surface area contributed by atoms with E-state index < -0.39 is 24.5 Å². The monoisotopic (exact) mass is 346 g/mol. The average Bonchev–Trinajstić information content (AvgIpc) is 3.08. The lowest BCUT2D eigenvalue weighted by molar-refractivity contribution is -0.158. The van der Waals surface area contributed by atoms with Crippen LogP contribution in [0.5, 0.6) is 0 Å². The topological polar surface area (TPSA) is 71.1 Å². The molecule has 1 heterocycles. The van der Waals surface area contributed by atoms with Gasteiger partial charge in [0.1, 0.15) is 6.61 Å². The van der Waals surface area contributed by atoms with Gasteiger partial charge in [0.15, 0.2) is 24.3 Å². The first-order valence-corrected chi connectivity index (χ1v) is 8.02. The molecule has 6 heteroatoms. The lowest BCUT2D eigenvalue weighted by atomic mass is 10.1. The van der Waals surface area contributed by atoms with E-state index >= 15 is 0 Å². The third-order valence-electron chi connectivity index (χ3n) is 3.48. The van der Waals surface area contributed by atoms with Crippen LogP contribution in [-0.2, 0) is 28.5 Å². The molecule has 0 aliphatic carbocycles. The van der Waals surface area contributed by atoms with Crippen molar-refractivity contribution < 1.29 is 28.5 Å². The fourth-order valence-corrected chi connectivity index (χ4v) is 2.28. The summed E-state index contributed by atoms with van der Waals surface area (Å²) in [4.78, 5) is 24.6. The maximum atomic E-state index is 12.4. The van der Waals surface area contributed by atoms with Crippen LogP contribution in [0, 0.1) is 0 Å². The molecule has 1 fully saturated rings. The molecule has 134 valence electrons. The molecule has 2 rings (SSSR count). The molecule has 1 aliphatic heterocycles. The fourth-order valence-electron chi connectivity index (χ4n) is 2.28. The molecule has 0 bridgehead atoms. The van der Waals surface area contributed by atoms with E-state index in [-0.39, 0.29) is 25.6 Å². The molecule has 0 spiro atoms. The molecule has 0 saturated carbocycles. The van der Waals surface area contributed by atoms with Gasteiger partial charge in [-0.05, 0) is 6.42 Å². The van der Waals surface area contributed by atoms with Crippen molar-refractivity contribution in [1.82, 2.24) is 0 Å². The maximum Gasteiger partial charge on any atom is 0.338 e. The molecule has 0 radical (unpaired) electrons. The normalized spacial score (nSPS) is 22.3. The molecule has 3 unspecified atom stereocenters. The molecule has 1 aromatic carbocycles. The Balaban J connectivity index is 2.07. The lowest BCUT2D eigenvalue weighted by Crippen LogP contribution is -2.40. The standard InChI is InChI=1S/C19H22O6/c1-3-5-12-23-18(21)17-16(15(20)13-22-11-4-2)24-19(25-17)14-9-7-6-8-10-14/h3-4,6-10,16-17,19H,1-2,5,11-13H2. The summed E-state index contributed by atoms with van der Waals surface area (Å²) in [6, 6.07) is 9.09. The number of hydrogen-bond donors (Lipinski definition) is 0. The third-order valence-corrected chi connectivity index (χ3v) is 3.48. The predicted octanol–water partition coefficient (Wildman–Crippen LogP) is 2.36. The minimum absolute atomic E-state index is 0.173. The van der Waals surface area contributed by atoms with Gasteiger partial charge in [-0.3, -0.25) is 4.79 Å². The van der Waals surface area contributed by atoms with Crippen LogP contribution in [0.3, 0.4) is 0 Å². The van der Waals surface area contributed by atoms with Gasteiger partial charge >= 0.3 is 5.97 Å². The molecule has 6 nitrogen and oxygen atoms in total. The van der Waals surface area contributed by atoms with Gasteiger partial charge in [0.25, 0.3) is 0 Å². The smallest absolute Gasteiger partial charge is 0.338 e. The van der Waals surface area contributed by atoms with E-state index in [0.717, 1.165) is 0 Å². The minimum atomic E-state index is -1.13. The van der Waals surface area contributed by atoms with Crippen LogP contribution in [0.25, 0.3) is 0 Å². The van der Waals surface area contributed by atoms with Crippen molar-refractivity contribution in [3.63, 3.8) is 0 Å². The zero-order valence-electron chi connectivity index (χ0n) is 14.0. The summed E-state index contributed by atoms with van der Waals surface area (Å²) in [7, 11) is 0. The van der Waals surface area contributed by atoms with Gasteiger partial charge in [-0.15, -0.1) is 13.2 Å². The van der Waals surface area contributed by atoms with Gasteiger partial charge in [-0.25, -0.2) is 4.79 Å². The molecular weight excluding hydrogens is 324 g/mol. The van der Waals surface area contributed by atoms with E-state index in [1.165, 1.54) is 6.08 Å². The Labute approximate surface area is 147 Å². The van der Waals surface area contributed by atoms with E-state index in [1.54, 1.807) is 18.2 Å². The predicted molar refractivity (Wildman–Crippen MR) is 90.7 cm³/mol. The van der Waals surface area contributed by atoms with Crippen molar-refractivity contribution in [2.75, 3.05) is 19.8 Å². The Kier molecular flexibility index (Phi) is 7.53. The molecule has 1 saturated heterocycles. The SMILES string of the molecule is C=CCCOC(=O)C1OC(c2ccccc2)OC1C(=O)COCC=C. The van der Waals surface area contributed by atoms with Crippen LogP contribution < -0.4 is 0 Å². The maximum absolute atomic E-state index is 12.4. The Morgan fingerprint density at radius 3 is 2.48 bits per heavy atom. The number of hydrogen-bond acceptors (Lipinski definition) is 6. The lowest BCUT2D eigenvalue weighted by Gasteiger charge is -2.14. The van der Waals surface area contributed by atoms with Gasteiger partial charge in [0.05, 0.1) is 13.2 Å². The Morgan fingerprint density at radius 1 is 1.08 bits per heavy atom. The number of ketones is 1. The van der Waals surface area contributed by atoms with Crippen molar-refractivity contribution in [3.8, 4) is 0 Å². The van der Waals surface area contributed by atoms with Gasteiger partial charge in [-0.2, -0.15) is 0 Å². The quantitative estimate of drug-likeness (QED) is 0.368. The first-order valence-electron chi connectivity index (χ1n) is 8.02. The second-order valence-corrected chi connectivity index (χ2v) is 5.37. The highest BCUT2D eigenvalue weighted by molar-refractivity contribution is 5.91. The van der Waals surface area contributed by atoms with Crippen LogP contribution in [0.2, 0.25) is 0 Å². The van der Waals surface area contributed by atoms with Crippen molar-refractivity contribution in [3.05, 3.63) is 61.2 Å². The summed E-state index contributed by atoms with van der Waals surface area (Å²) in [6.45, 7) is 7.29. The highest BCUT2D eigenvalue weighted by Crippen LogP contribution is 2.32. The molecule has 25 heavy (non-hydrogen) atoms.